The number of nitrogens with one attached hydrogen (secondary N) is 2. The van der Waals surface area contributed by atoms with E-state index in [0.29, 0.717) is 0 Å². The fraction of sp³-hybridized carbons (Fsp3) is 0.0938. The van der Waals surface area contributed by atoms with Crippen LogP contribution in [0.4, 0.5) is 11.4 Å². The van der Waals surface area contributed by atoms with E-state index in [0.717, 1.165) is 22.7 Å². The van der Waals surface area contributed by atoms with Gasteiger partial charge in [0, 0.05) is 16.0 Å². The van der Waals surface area contributed by atoms with Crippen LogP contribution in [0.15, 0.2) is 125 Å². The monoisotopic (exact) mass is 554 g/mol. The molecule has 0 saturated heterocycles. The van der Waals surface area contributed by atoms with Crippen LogP contribution in [0.1, 0.15) is 12.5 Å². The molecule has 1 atom stereocenters. The van der Waals surface area contributed by atoms with Crippen LogP contribution in [0.5, 0.6) is 0 Å². The molecule has 0 aromatic heterocycles. The van der Waals surface area contributed by atoms with E-state index >= 15 is 0 Å². The first kappa shape index (κ1) is 26.7. The van der Waals surface area contributed by atoms with E-state index in [1.165, 1.54) is 49.2 Å². The predicted octanol–water partition coefficient (Wildman–Crippen LogP) is 8.06. The predicted molar refractivity (Wildman–Crippen MR) is 167 cm³/mol. The molecule has 5 nitrogen and oxygen atoms in total. The Balaban J connectivity index is 0.000000237. The summed E-state index contributed by atoms with van der Waals surface area (Å²) in [5.74, 6) is 1.06. The molecule has 1 aliphatic rings. The number of hydrogen-bond acceptors (Lipinski definition) is 4. The average Bonchev–Trinajstić information content (AvgIpc) is 3.32. The highest BCUT2D eigenvalue weighted by Crippen LogP contribution is 2.45. The second-order valence-corrected chi connectivity index (χ2v) is 12.9. The molecule has 6 rings (SSSR count). The Morgan fingerprint density at radius 3 is 2.15 bits per heavy atom. The highest BCUT2D eigenvalue weighted by Gasteiger charge is 2.23. The summed E-state index contributed by atoms with van der Waals surface area (Å²) in [5.41, 5.74) is 4.20. The van der Waals surface area contributed by atoms with Gasteiger partial charge in [-0.2, -0.15) is 8.42 Å². The minimum atomic E-state index is -4.02. The molecule has 5 aromatic carbocycles. The van der Waals surface area contributed by atoms with Crippen molar-refractivity contribution in [2.24, 2.45) is 0 Å². The van der Waals surface area contributed by atoms with Crippen molar-refractivity contribution in [2.45, 2.75) is 23.6 Å². The first-order chi connectivity index (χ1) is 18.7. The van der Waals surface area contributed by atoms with E-state index in [1.807, 2.05) is 25.1 Å². The molecule has 1 heterocycles. The summed E-state index contributed by atoms with van der Waals surface area (Å²) in [7, 11) is -4.02. The molecule has 0 spiro atoms. The fourth-order valence-electron chi connectivity index (χ4n) is 4.60. The summed E-state index contributed by atoms with van der Waals surface area (Å²) in [5, 5.41) is 12.3. The van der Waals surface area contributed by atoms with Crippen LogP contribution in [-0.2, 0) is 10.1 Å². The average molecular weight is 555 g/mol. The molecule has 0 amide bonds. The van der Waals surface area contributed by atoms with Crippen molar-refractivity contribution < 1.29 is 13.0 Å². The van der Waals surface area contributed by atoms with Crippen LogP contribution in [0.3, 0.4) is 0 Å². The first-order valence-corrected chi connectivity index (χ1v) is 15.4. The van der Waals surface area contributed by atoms with Gasteiger partial charge in [-0.25, -0.2) is 0 Å². The number of hydrogen-bond donors (Lipinski definition) is 3. The topological polar surface area (TPSA) is 78.4 Å². The summed E-state index contributed by atoms with van der Waals surface area (Å²) in [4.78, 5) is 2.52. The lowest BCUT2D eigenvalue weighted by Crippen LogP contribution is -2.16. The van der Waals surface area contributed by atoms with Crippen LogP contribution in [0.2, 0.25) is 0 Å². The third kappa shape index (κ3) is 5.76. The summed E-state index contributed by atoms with van der Waals surface area (Å²) in [6.45, 7) is 8.43. The van der Waals surface area contributed by atoms with E-state index in [2.05, 4.69) is 84.8 Å². The Labute approximate surface area is 231 Å². The summed E-state index contributed by atoms with van der Waals surface area (Å²) < 4.78 is 29.6. The Morgan fingerprint density at radius 2 is 1.51 bits per heavy atom. The molecule has 0 saturated carbocycles. The molecular weight excluding hydrogens is 524 g/mol. The number of para-hydroxylation sites is 1. The van der Waals surface area contributed by atoms with E-state index in [4.69, 9.17) is 4.55 Å². The summed E-state index contributed by atoms with van der Waals surface area (Å²) in [6.07, 6.45) is 0. The quantitative estimate of drug-likeness (QED) is 0.0886. The van der Waals surface area contributed by atoms with Gasteiger partial charge < -0.3 is 10.6 Å². The van der Waals surface area contributed by atoms with Gasteiger partial charge in [0.1, 0.15) is 0 Å². The van der Waals surface area contributed by atoms with Crippen LogP contribution in [0.25, 0.3) is 21.5 Å². The smallest absolute Gasteiger partial charge is 0.294 e. The lowest BCUT2D eigenvalue weighted by atomic mass is 10.0. The molecular formula is C32H30N2O3S2. The van der Waals surface area contributed by atoms with Crippen molar-refractivity contribution in [3.8, 4) is 0 Å². The highest BCUT2D eigenvalue weighted by atomic mass is 32.2. The minimum absolute atomic E-state index is 0.00304. The van der Waals surface area contributed by atoms with E-state index in [-0.39, 0.29) is 15.4 Å². The van der Waals surface area contributed by atoms with Gasteiger partial charge in [0.05, 0.1) is 21.3 Å². The molecule has 39 heavy (non-hydrogen) atoms. The lowest BCUT2D eigenvalue weighted by Gasteiger charge is -2.13. The van der Waals surface area contributed by atoms with Gasteiger partial charge in [0.15, 0.2) is 0 Å². The van der Waals surface area contributed by atoms with Crippen molar-refractivity contribution in [1.29, 1.82) is 0 Å². The number of anilines is 2. The van der Waals surface area contributed by atoms with Crippen LogP contribution < -0.4 is 10.6 Å². The molecule has 0 aliphatic carbocycles. The molecule has 3 N–H and O–H groups in total. The number of benzene rings is 5. The van der Waals surface area contributed by atoms with Gasteiger partial charge >= 0.3 is 0 Å². The number of fused-ring (bicyclic) bond motifs is 4. The Kier molecular flexibility index (Phi) is 7.57. The maximum Gasteiger partial charge on any atom is 0.294 e. The van der Waals surface area contributed by atoms with E-state index < -0.39 is 10.1 Å². The molecule has 0 radical (unpaired) electrons. The van der Waals surface area contributed by atoms with Crippen LogP contribution in [0, 0.1) is 6.92 Å². The van der Waals surface area contributed by atoms with Crippen LogP contribution >= 0.6 is 10.5 Å². The van der Waals surface area contributed by atoms with Crippen molar-refractivity contribution in [3.05, 3.63) is 121 Å². The summed E-state index contributed by atoms with van der Waals surface area (Å²) >= 11 is 0. The molecule has 198 valence electrons. The van der Waals surface area contributed by atoms with E-state index in [1.54, 1.807) is 12.1 Å². The zero-order valence-corrected chi connectivity index (χ0v) is 23.4. The highest BCUT2D eigenvalue weighted by molar-refractivity contribution is 8.16. The van der Waals surface area contributed by atoms with Gasteiger partial charge in [-0.1, -0.05) is 79.7 Å². The second kappa shape index (κ2) is 11.1. The van der Waals surface area contributed by atoms with Gasteiger partial charge in [0.2, 0.25) is 0 Å². The van der Waals surface area contributed by atoms with Crippen molar-refractivity contribution in [3.63, 3.8) is 0 Å². The van der Waals surface area contributed by atoms with Crippen molar-refractivity contribution in [1.82, 2.24) is 0 Å². The molecule has 0 fully saturated rings. The Bertz CT molecular complexity index is 1830. The first-order valence-electron chi connectivity index (χ1n) is 12.6. The fourth-order valence-corrected chi connectivity index (χ4v) is 7.11. The van der Waals surface area contributed by atoms with Gasteiger partial charge in [-0.15, -0.1) is 10.5 Å². The minimum Gasteiger partial charge on any atom is -0.354 e. The number of rotatable bonds is 5. The molecule has 7 heteroatoms. The molecule has 1 unspecified atom stereocenters. The van der Waals surface area contributed by atoms with E-state index in [9.17, 15) is 8.42 Å². The number of aryl methyl sites for hydroxylation is 1. The lowest BCUT2D eigenvalue weighted by molar-refractivity contribution is 0.483. The van der Waals surface area contributed by atoms with Gasteiger partial charge in [0.25, 0.3) is 10.1 Å². The maximum absolute atomic E-state index is 10.5. The third-order valence-electron chi connectivity index (χ3n) is 6.55. The third-order valence-corrected chi connectivity index (χ3v) is 9.71. The van der Waals surface area contributed by atoms with Crippen LogP contribution in [-0.4, -0.2) is 23.7 Å². The van der Waals surface area contributed by atoms with Crippen molar-refractivity contribution in [2.75, 3.05) is 16.4 Å². The molecule has 5 aromatic rings. The molecule has 1 aliphatic heterocycles. The second-order valence-electron chi connectivity index (χ2n) is 9.25. The molecule has 0 bridgehead atoms. The largest absolute Gasteiger partial charge is 0.354 e. The van der Waals surface area contributed by atoms with Gasteiger partial charge in [-0.3, -0.25) is 4.55 Å². The van der Waals surface area contributed by atoms with Crippen molar-refractivity contribution >= 4 is 58.5 Å². The SMILES string of the molecule is C=C(Nc1ccccc1)C1=S(CC)c2ccc3cc4ccccc4cc3c2N1.Cc1ccc(S(=O)(=O)O)cc1. The zero-order valence-electron chi connectivity index (χ0n) is 21.8. The normalized spacial score (nSPS) is 14.3. The maximum atomic E-state index is 10.5. The standard InChI is InChI=1S/C25H22N2S.C7H8O3S/c1-3-28-23-14-13-20-15-18-9-7-8-10-19(18)16-22(20)24(23)27-25(28)17(2)26-21-11-5-4-6-12-21;1-6-2-4-7(5-3-6)11(8,9)10/h4-16,26-27H,2-3H2,1H3;2-5H,1H3,(H,8,9,10). The van der Waals surface area contributed by atoms with Gasteiger partial charge in [-0.05, 0) is 71.3 Å². The Hall–Kier alpha value is -3.91. The zero-order chi connectivity index (χ0) is 27.6. The Morgan fingerprint density at radius 1 is 0.872 bits per heavy atom. The summed E-state index contributed by atoms with van der Waals surface area (Å²) in [6, 6.07) is 33.9.